The van der Waals surface area contributed by atoms with Gasteiger partial charge in [-0.15, -0.1) is 0 Å². The van der Waals surface area contributed by atoms with Crippen LogP contribution in [0.3, 0.4) is 0 Å². The van der Waals surface area contributed by atoms with Gasteiger partial charge in [-0.05, 0) is 49.8 Å². The number of carbonyl (C=O) groups is 3. The lowest BCUT2D eigenvalue weighted by molar-refractivity contribution is -0.123. The van der Waals surface area contributed by atoms with Crippen LogP contribution in [0.25, 0.3) is 0 Å². The Morgan fingerprint density at radius 1 is 0.833 bits per heavy atom. The number of carbonyl (C=O) groups excluding carboxylic acids is 3. The smallest absolute Gasteiger partial charge is 0.237 e. The van der Waals surface area contributed by atoms with E-state index in [0.29, 0.717) is 39.4 Å². The molecule has 7 heteroatoms. The Hall–Kier alpha value is -3.48. The van der Waals surface area contributed by atoms with E-state index in [4.69, 9.17) is 17.3 Å². The molecule has 4 N–H and O–H groups in total. The number of hydrogen-bond acceptors (Lipinski definition) is 5. The van der Waals surface area contributed by atoms with Gasteiger partial charge in [-0.3, -0.25) is 14.4 Å². The van der Waals surface area contributed by atoms with Crippen molar-refractivity contribution in [1.82, 2.24) is 5.32 Å². The van der Waals surface area contributed by atoms with Crippen LogP contribution in [0.4, 0.5) is 5.69 Å². The standard InChI is InChI=1S/C29H28ClN3O3/c30-23-10-4-1-6-17(23)16-24(31)29(36)33-19-14-12-18(13-15-19)32-25-11-5-9-22-26(25)28(35)21-8-3-2-7-20(21)27(22)34/h1-11,18-19,24,32H,12-16,31H2,(H,33,36)/t18?,19?,24-/m1/s1. The molecule has 1 atom stereocenters. The molecule has 2 aliphatic rings. The normalized spacial score (nSPS) is 19.7. The van der Waals surface area contributed by atoms with E-state index in [1.54, 1.807) is 36.4 Å². The average molecular weight is 502 g/mol. The Kier molecular flexibility index (Phi) is 6.90. The first-order valence-electron chi connectivity index (χ1n) is 12.3. The third-order valence-corrected chi connectivity index (χ3v) is 7.49. The Bertz CT molecular complexity index is 1330. The van der Waals surface area contributed by atoms with Crippen molar-refractivity contribution in [3.63, 3.8) is 0 Å². The lowest BCUT2D eigenvalue weighted by Crippen LogP contribution is -2.48. The number of ketones is 2. The zero-order chi connectivity index (χ0) is 25.2. The summed E-state index contributed by atoms with van der Waals surface area (Å²) in [5.41, 5.74) is 9.48. The van der Waals surface area contributed by atoms with Gasteiger partial charge in [0.2, 0.25) is 5.91 Å². The van der Waals surface area contributed by atoms with Crippen molar-refractivity contribution in [1.29, 1.82) is 0 Å². The number of amides is 1. The molecule has 0 aliphatic heterocycles. The van der Waals surface area contributed by atoms with Crippen LogP contribution < -0.4 is 16.4 Å². The predicted molar refractivity (Wildman–Crippen MR) is 141 cm³/mol. The summed E-state index contributed by atoms with van der Waals surface area (Å²) in [5.74, 6) is -0.425. The molecule has 0 heterocycles. The first-order valence-corrected chi connectivity index (χ1v) is 12.7. The SMILES string of the molecule is N[C@H](Cc1ccccc1Cl)C(=O)NC1CCC(Nc2cccc3c2C(=O)c2ccccc2C3=O)CC1. The van der Waals surface area contributed by atoms with Crippen LogP contribution in [0.15, 0.2) is 66.7 Å². The zero-order valence-corrected chi connectivity index (χ0v) is 20.6. The maximum absolute atomic E-state index is 13.2. The highest BCUT2D eigenvalue weighted by Gasteiger charge is 2.32. The van der Waals surface area contributed by atoms with Crippen LogP contribution in [0.1, 0.15) is 63.1 Å². The van der Waals surface area contributed by atoms with Crippen molar-refractivity contribution < 1.29 is 14.4 Å². The molecule has 36 heavy (non-hydrogen) atoms. The molecule has 1 saturated carbocycles. The van der Waals surface area contributed by atoms with Crippen molar-refractivity contribution in [2.75, 3.05) is 5.32 Å². The van der Waals surface area contributed by atoms with Gasteiger partial charge in [0.05, 0.1) is 11.6 Å². The maximum atomic E-state index is 13.2. The van der Waals surface area contributed by atoms with Gasteiger partial charge in [-0.1, -0.05) is 66.2 Å². The van der Waals surface area contributed by atoms with Crippen molar-refractivity contribution >= 4 is 34.8 Å². The number of benzene rings is 3. The van der Waals surface area contributed by atoms with E-state index in [-0.39, 0.29) is 29.6 Å². The molecular formula is C29H28ClN3O3. The van der Waals surface area contributed by atoms with Gasteiger partial charge < -0.3 is 16.4 Å². The van der Waals surface area contributed by atoms with E-state index in [2.05, 4.69) is 10.6 Å². The summed E-state index contributed by atoms with van der Waals surface area (Å²) in [6.45, 7) is 0. The molecule has 5 rings (SSSR count). The number of nitrogens with two attached hydrogens (primary N) is 1. The molecule has 6 nitrogen and oxygen atoms in total. The second-order valence-electron chi connectivity index (χ2n) is 9.54. The van der Waals surface area contributed by atoms with Crippen LogP contribution in [-0.4, -0.2) is 35.6 Å². The second-order valence-corrected chi connectivity index (χ2v) is 9.94. The number of fused-ring (bicyclic) bond motifs is 2. The summed E-state index contributed by atoms with van der Waals surface area (Å²) in [6, 6.07) is 19.3. The molecule has 1 amide bonds. The fourth-order valence-corrected chi connectivity index (χ4v) is 5.38. The summed E-state index contributed by atoms with van der Waals surface area (Å²) in [4.78, 5) is 38.9. The molecule has 0 radical (unpaired) electrons. The average Bonchev–Trinajstić information content (AvgIpc) is 2.89. The molecule has 0 aromatic heterocycles. The molecule has 0 spiro atoms. The highest BCUT2D eigenvalue weighted by molar-refractivity contribution is 6.31. The van der Waals surface area contributed by atoms with Gasteiger partial charge in [0, 0.05) is 39.5 Å². The Morgan fingerprint density at radius 2 is 1.44 bits per heavy atom. The van der Waals surface area contributed by atoms with E-state index < -0.39 is 6.04 Å². The predicted octanol–water partition coefficient (Wildman–Crippen LogP) is 4.52. The molecule has 1 fully saturated rings. The number of hydrogen-bond donors (Lipinski definition) is 3. The van der Waals surface area contributed by atoms with Crippen LogP contribution in [-0.2, 0) is 11.2 Å². The molecular weight excluding hydrogens is 474 g/mol. The van der Waals surface area contributed by atoms with Crippen LogP contribution in [0.2, 0.25) is 5.02 Å². The van der Waals surface area contributed by atoms with E-state index in [0.717, 1.165) is 31.2 Å². The molecule has 0 unspecified atom stereocenters. The van der Waals surface area contributed by atoms with Crippen molar-refractivity contribution in [3.05, 3.63) is 99.6 Å². The number of anilines is 1. The number of rotatable bonds is 6. The first kappa shape index (κ1) is 24.2. The second kappa shape index (κ2) is 10.2. The van der Waals surface area contributed by atoms with Crippen LogP contribution in [0.5, 0.6) is 0 Å². The molecule has 0 bridgehead atoms. The van der Waals surface area contributed by atoms with Gasteiger partial charge in [0.25, 0.3) is 0 Å². The molecule has 3 aromatic carbocycles. The lowest BCUT2D eigenvalue weighted by atomic mass is 9.83. The Labute approximate surface area is 215 Å². The van der Waals surface area contributed by atoms with Gasteiger partial charge >= 0.3 is 0 Å². The quantitative estimate of drug-likeness (QED) is 0.360. The Balaban J connectivity index is 1.20. The van der Waals surface area contributed by atoms with Crippen molar-refractivity contribution in [2.45, 2.75) is 50.2 Å². The molecule has 184 valence electrons. The van der Waals surface area contributed by atoms with Crippen LogP contribution >= 0.6 is 11.6 Å². The Morgan fingerprint density at radius 3 is 2.17 bits per heavy atom. The third-order valence-electron chi connectivity index (χ3n) is 7.12. The topological polar surface area (TPSA) is 101 Å². The molecule has 0 saturated heterocycles. The third kappa shape index (κ3) is 4.79. The van der Waals surface area contributed by atoms with Gasteiger partial charge in [0.1, 0.15) is 0 Å². The minimum Gasteiger partial charge on any atom is -0.382 e. The summed E-state index contributed by atoms with van der Waals surface area (Å²) in [7, 11) is 0. The highest BCUT2D eigenvalue weighted by Crippen LogP contribution is 2.33. The monoisotopic (exact) mass is 501 g/mol. The van der Waals surface area contributed by atoms with Gasteiger partial charge in [-0.25, -0.2) is 0 Å². The summed E-state index contributed by atoms with van der Waals surface area (Å²) in [6.07, 6.45) is 3.64. The summed E-state index contributed by atoms with van der Waals surface area (Å²) in [5, 5.41) is 7.19. The van der Waals surface area contributed by atoms with Gasteiger partial charge in [-0.2, -0.15) is 0 Å². The first-order chi connectivity index (χ1) is 17.4. The maximum Gasteiger partial charge on any atom is 0.237 e. The van der Waals surface area contributed by atoms with E-state index in [1.165, 1.54) is 0 Å². The van der Waals surface area contributed by atoms with Crippen molar-refractivity contribution in [3.8, 4) is 0 Å². The molecule has 2 aliphatic carbocycles. The fraction of sp³-hybridized carbons (Fsp3) is 0.276. The largest absolute Gasteiger partial charge is 0.382 e. The highest BCUT2D eigenvalue weighted by atomic mass is 35.5. The minimum atomic E-state index is -0.664. The van der Waals surface area contributed by atoms with E-state index in [1.807, 2.05) is 30.3 Å². The van der Waals surface area contributed by atoms with Crippen LogP contribution in [0, 0.1) is 0 Å². The van der Waals surface area contributed by atoms with Crippen molar-refractivity contribution in [2.24, 2.45) is 5.73 Å². The summed E-state index contributed by atoms with van der Waals surface area (Å²) >= 11 is 6.20. The lowest BCUT2D eigenvalue weighted by Gasteiger charge is -2.32. The zero-order valence-electron chi connectivity index (χ0n) is 19.8. The minimum absolute atomic E-state index is 0.0487. The van der Waals surface area contributed by atoms with E-state index in [9.17, 15) is 14.4 Å². The fourth-order valence-electron chi connectivity index (χ4n) is 5.17. The number of halogens is 1. The molecule has 3 aromatic rings. The number of nitrogens with one attached hydrogen (secondary N) is 2. The van der Waals surface area contributed by atoms with E-state index >= 15 is 0 Å². The van der Waals surface area contributed by atoms with Gasteiger partial charge in [0.15, 0.2) is 11.6 Å². The summed E-state index contributed by atoms with van der Waals surface area (Å²) < 4.78 is 0.